The normalized spacial score (nSPS) is 19.4. The summed E-state index contributed by atoms with van der Waals surface area (Å²) in [6.07, 6.45) is 6.28. The highest BCUT2D eigenvalue weighted by Crippen LogP contribution is 2.31. The van der Waals surface area contributed by atoms with E-state index < -0.39 is 0 Å². The molecular formula is C19H32N6O2. The van der Waals surface area contributed by atoms with E-state index >= 15 is 0 Å². The lowest BCUT2D eigenvalue weighted by atomic mass is 9.85. The Kier molecular flexibility index (Phi) is 6.04. The fraction of sp³-hybridized carbons (Fsp3) is 0.737. The number of rotatable bonds is 8. The molecule has 3 heterocycles. The van der Waals surface area contributed by atoms with Gasteiger partial charge in [0.15, 0.2) is 11.5 Å². The smallest absolute Gasteiger partial charge is 0.327 e. The van der Waals surface area contributed by atoms with E-state index in [9.17, 15) is 4.79 Å². The lowest BCUT2D eigenvalue weighted by Gasteiger charge is -2.35. The van der Waals surface area contributed by atoms with Gasteiger partial charge in [-0.05, 0) is 51.9 Å². The number of hydrogen-bond acceptors (Lipinski definition) is 6. The van der Waals surface area contributed by atoms with Crippen molar-refractivity contribution in [1.29, 1.82) is 0 Å². The highest BCUT2D eigenvalue weighted by molar-refractivity contribution is 5.82. The molecule has 0 saturated carbocycles. The van der Waals surface area contributed by atoms with Gasteiger partial charge in [0.1, 0.15) is 5.52 Å². The maximum atomic E-state index is 12.4. The fourth-order valence-corrected chi connectivity index (χ4v) is 3.86. The number of aromatic nitrogens is 4. The molecule has 0 spiro atoms. The summed E-state index contributed by atoms with van der Waals surface area (Å²) in [7, 11) is 0. The molecule has 1 unspecified atom stereocenters. The molecule has 4 N–H and O–H groups in total. The standard InChI is InChI=1S/C19H32N6O2/c1-4-5-9-21-17-23-15(20)14-16(24-17)25(18(26)22-14)10-6-7-13-8-11-27-19(2,3)12-13/h13H,4-12H2,1-3H3,(H,22,26)(H3,20,21,23,24). The summed E-state index contributed by atoms with van der Waals surface area (Å²) in [6.45, 7) is 8.66. The number of hydrogen-bond donors (Lipinski definition) is 3. The second kappa shape index (κ2) is 8.29. The van der Waals surface area contributed by atoms with Gasteiger partial charge in [-0.2, -0.15) is 9.97 Å². The van der Waals surface area contributed by atoms with Crippen molar-refractivity contribution >= 4 is 22.9 Å². The lowest BCUT2D eigenvalue weighted by molar-refractivity contribution is -0.0738. The zero-order valence-corrected chi connectivity index (χ0v) is 16.7. The SMILES string of the molecule is CCCCNc1nc(N)c2[nH]c(=O)n(CCCC3CCOC(C)(C)C3)c2n1. The highest BCUT2D eigenvalue weighted by Gasteiger charge is 2.28. The number of fused-ring (bicyclic) bond motifs is 1. The molecule has 0 radical (unpaired) electrons. The van der Waals surface area contributed by atoms with Crippen molar-refractivity contribution in [2.45, 2.75) is 71.4 Å². The average Bonchev–Trinajstić information content (AvgIpc) is 2.91. The molecule has 8 nitrogen and oxygen atoms in total. The topological polar surface area (TPSA) is 111 Å². The third kappa shape index (κ3) is 4.80. The number of nitrogens with two attached hydrogens (primary N) is 1. The maximum Gasteiger partial charge on any atom is 0.327 e. The van der Waals surface area contributed by atoms with Crippen LogP contribution in [0.15, 0.2) is 4.79 Å². The Labute approximate surface area is 159 Å². The van der Waals surface area contributed by atoms with E-state index in [2.05, 4.69) is 41.0 Å². The first kappa shape index (κ1) is 19.7. The molecule has 150 valence electrons. The van der Waals surface area contributed by atoms with E-state index in [-0.39, 0.29) is 11.3 Å². The summed E-state index contributed by atoms with van der Waals surface area (Å²) < 4.78 is 7.48. The van der Waals surface area contributed by atoms with Gasteiger partial charge in [0.25, 0.3) is 0 Å². The van der Waals surface area contributed by atoms with Gasteiger partial charge in [0, 0.05) is 19.7 Å². The second-order valence-electron chi connectivity index (χ2n) is 8.10. The predicted octanol–water partition coefficient (Wildman–Crippen LogP) is 2.90. The fourth-order valence-electron chi connectivity index (χ4n) is 3.86. The van der Waals surface area contributed by atoms with Crippen LogP contribution in [0.2, 0.25) is 0 Å². The number of nitrogens with one attached hydrogen (secondary N) is 2. The van der Waals surface area contributed by atoms with Gasteiger partial charge in [-0.1, -0.05) is 13.3 Å². The van der Waals surface area contributed by atoms with E-state index in [1.165, 1.54) is 0 Å². The van der Waals surface area contributed by atoms with Crippen LogP contribution in [0.4, 0.5) is 11.8 Å². The lowest BCUT2D eigenvalue weighted by Crippen LogP contribution is -2.34. The van der Waals surface area contributed by atoms with E-state index in [0.717, 1.165) is 51.7 Å². The molecule has 2 aromatic rings. The Hall–Kier alpha value is -2.09. The molecule has 0 bridgehead atoms. The van der Waals surface area contributed by atoms with Crippen molar-refractivity contribution in [2.24, 2.45) is 5.92 Å². The van der Waals surface area contributed by atoms with E-state index in [4.69, 9.17) is 10.5 Å². The molecule has 1 saturated heterocycles. The number of imidazole rings is 1. The number of nitrogens with zero attached hydrogens (tertiary/aromatic N) is 3. The zero-order valence-electron chi connectivity index (χ0n) is 16.7. The van der Waals surface area contributed by atoms with Crippen LogP contribution in [0.25, 0.3) is 11.2 Å². The summed E-state index contributed by atoms with van der Waals surface area (Å²) in [4.78, 5) is 24.0. The van der Waals surface area contributed by atoms with E-state index in [1.807, 2.05) is 0 Å². The first-order valence-electron chi connectivity index (χ1n) is 10.0. The van der Waals surface area contributed by atoms with Crippen LogP contribution in [0.1, 0.15) is 59.3 Å². The Morgan fingerprint density at radius 2 is 2.19 bits per heavy atom. The van der Waals surface area contributed by atoms with Crippen LogP contribution in [0.3, 0.4) is 0 Å². The van der Waals surface area contributed by atoms with Gasteiger partial charge in [-0.15, -0.1) is 0 Å². The number of anilines is 2. The number of ether oxygens (including phenoxy) is 1. The molecule has 1 atom stereocenters. The first-order valence-corrected chi connectivity index (χ1v) is 10.0. The molecular weight excluding hydrogens is 344 g/mol. The second-order valence-corrected chi connectivity index (χ2v) is 8.10. The molecule has 2 aromatic heterocycles. The van der Waals surface area contributed by atoms with Gasteiger partial charge in [0.2, 0.25) is 5.95 Å². The highest BCUT2D eigenvalue weighted by atomic mass is 16.5. The number of H-pyrrole nitrogens is 1. The van der Waals surface area contributed by atoms with Crippen LogP contribution >= 0.6 is 0 Å². The van der Waals surface area contributed by atoms with Gasteiger partial charge in [-0.25, -0.2) is 4.79 Å². The van der Waals surface area contributed by atoms with Gasteiger partial charge in [-0.3, -0.25) is 4.57 Å². The third-order valence-corrected chi connectivity index (χ3v) is 5.26. The predicted molar refractivity (Wildman–Crippen MR) is 108 cm³/mol. The van der Waals surface area contributed by atoms with Crippen molar-refractivity contribution in [3.05, 3.63) is 10.5 Å². The summed E-state index contributed by atoms with van der Waals surface area (Å²) in [5.41, 5.74) is 6.92. The monoisotopic (exact) mass is 376 g/mol. The van der Waals surface area contributed by atoms with Crippen LogP contribution in [-0.4, -0.2) is 38.3 Å². The van der Waals surface area contributed by atoms with Gasteiger partial charge in [0.05, 0.1) is 5.60 Å². The number of aromatic amines is 1. The molecule has 27 heavy (non-hydrogen) atoms. The quantitative estimate of drug-likeness (QED) is 0.611. The van der Waals surface area contributed by atoms with Gasteiger partial charge < -0.3 is 20.8 Å². The van der Waals surface area contributed by atoms with E-state index in [1.54, 1.807) is 4.57 Å². The number of nitrogen functional groups attached to an aromatic ring is 1. The molecule has 1 aliphatic heterocycles. The van der Waals surface area contributed by atoms with Crippen LogP contribution in [0.5, 0.6) is 0 Å². The summed E-state index contributed by atoms with van der Waals surface area (Å²) >= 11 is 0. The van der Waals surface area contributed by atoms with E-state index in [0.29, 0.717) is 35.4 Å². The van der Waals surface area contributed by atoms with Gasteiger partial charge >= 0.3 is 5.69 Å². The first-order chi connectivity index (χ1) is 12.9. The molecule has 8 heteroatoms. The third-order valence-electron chi connectivity index (χ3n) is 5.26. The molecule has 3 rings (SSSR count). The number of unbranched alkanes of at least 4 members (excludes halogenated alkanes) is 1. The largest absolute Gasteiger partial charge is 0.382 e. The van der Waals surface area contributed by atoms with Crippen LogP contribution in [0, 0.1) is 5.92 Å². The molecule has 1 fully saturated rings. The van der Waals surface area contributed by atoms with Crippen molar-refractivity contribution in [3.63, 3.8) is 0 Å². The zero-order chi connectivity index (χ0) is 19.4. The Morgan fingerprint density at radius 1 is 1.37 bits per heavy atom. The van der Waals surface area contributed by atoms with Crippen LogP contribution < -0.4 is 16.7 Å². The van der Waals surface area contributed by atoms with Crippen molar-refractivity contribution in [2.75, 3.05) is 24.2 Å². The minimum absolute atomic E-state index is 0.0404. The molecule has 0 amide bonds. The van der Waals surface area contributed by atoms with Crippen molar-refractivity contribution < 1.29 is 4.74 Å². The minimum Gasteiger partial charge on any atom is -0.382 e. The number of aryl methyl sites for hydroxylation is 1. The summed E-state index contributed by atoms with van der Waals surface area (Å²) in [5.74, 6) is 1.43. The Morgan fingerprint density at radius 3 is 2.93 bits per heavy atom. The minimum atomic E-state index is -0.177. The Balaban J connectivity index is 1.70. The van der Waals surface area contributed by atoms with Crippen molar-refractivity contribution in [3.8, 4) is 0 Å². The Bertz CT molecular complexity index is 825. The maximum absolute atomic E-state index is 12.4. The molecule has 0 aromatic carbocycles. The van der Waals surface area contributed by atoms with Crippen LogP contribution in [-0.2, 0) is 11.3 Å². The summed E-state index contributed by atoms with van der Waals surface area (Å²) in [6, 6.07) is 0. The molecule has 0 aliphatic carbocycles. The average molecular weight is 377 g/mol. The molecule has 1 aliphatic rings. The van der Waals surface area contributed by atoms with Crippen molar-refractivity contribution in [1.82, 2.24) is 19.5 Å². The summed E-state index contributed by atoms with van der Waals surface area (Å²) in [5, 5.41) is 3.19.